The van der Waals surface area contributed by atoms with Crippen LogP contribution in [0.4, 0.5) is 5.69 Å². The maximum absolute atomic E-state index is 12.6. The summed E-state index contributed by atoms with van der Waals surface area (Å²) in [5.41, 5.74) is 1.50. The lowest BCUT2D eigenvalue weighted by atomic mass is 9.97. The van der Waals surface area contributed by atoms with Crippen LogP contribution in [0.2, 0.25) is 0 Å². The highest BCUT2D eigenvalue weighted by atomic mass is 16.4. The molecule has 0 radical (unpaired) electrons. The van der Waals surface area contributed by atoms with Crippen LogP contribution in [0.15, 0.2) is 27.4 Å². The van der Waals surface area contributed by atoms with E-state index in [1.165, 1.54) is 6.92 Å². The quantitative estimate of drug-likeness (QED) is 0.799. The van der Waals surface area contributed by atoms with E-state index in [0.717, 1.165) is 25.7 Å². The number of H-pyrrole nitrogens is 1. The van der Waals surface area contributed by atoms with Crippen LogP contribution < -0.4 is 16.4 Å². The van der Waals surface area contributed by atoms with E-state index in [0.29, 0.717) is 16.8 Å². The lowest BCUT2D eigenvalue weighted by Crippen LogP contribution is -2.47. The number of fused-ring (bicyclic) bond motifs is 1. The zero-order valence-corrected chi connectivity index (χ0v) is 12.8. The topological polar surface area (TPSA) is 104 Å². The highest BCUT2D eigenvalue weighted by molar-refractivity contribution is 5.98. The molecule has 0 bridgehead atoms. The molecule has 7 heteroatoms. The van der Waals surface area contributed by atoms with E-state index in [-0.39, 0.29) is 17.7 Å². The number of aromatic amines is 1. The van der Waals surface area contributed by atoms with E-state index in [1.54, 1.807) is 18.2 Å². The Bertz CT molecular complexity index is 786. The number of rotatable bonds is 4. The number of anilines is 1. The molecule has 0 spiro atoms. The molecule has 3 rings (SSSR count). The minimum Gasteiger partial charge on any atom is -0.408 e. The van der Waals surface area contributed by atoms with E-state index in [4.69, 9.17) is 4.42 Å². The van der Waals surface area contributed by atoms with Gasteiger partial charge in [0, 0.05) is 12.6 Å². The van der Waals surface area contributed by atoms with E-state index in [9.17, 15) is 14.4 Å². The van der Waals surface area contributed by atoms with Gasteiger partial charge in [-0.05, 0) is 37.0 Å². The summed E-state index contributed by atoms with van der Waals surface area (Å²) in [6, 6.07) is 4.38. The highest BCUT2D eigenvalue weighted by Gasteiger charge is 2.31. The summed E-state index contributed by atoms with van der Waals surface area (Å²) in [6.07, 6.45) is 4.03. The molecule has 1 unspecified atom stereocenters. The number of hydrogen-bond donors (Lipinski definition) is 3. The van der Waals surface area contributed by atoms with Crippen LogP contribution in [0.1, 0.15) is 32.6 Å². The number of carbonyl (C=O) groups is 2. The molecule has 2 amide bonds. The average molecular weight is 317 g/mol. The van der Waals surface area contributed by atoms with Gasteiger partial charge in [-0.25, -0.2) is 4.79 Å². The molecule has 1 saturated carbocycles. The van der Waals surface area contributed by atoms with Crippen molar-refractivity contribution in [2.45, 2.75) is 38.6 Å². The molecule has 1 heterocycles. The van der Waals surface area contributed by atoms with Crippen LogP contribution in [-0.2, 0) is 9.59 Å². The minimum absolute atomic E-state index is 0.163. The standard InChI is InChI=1S/C16H19N3O4/c1-9(20)17-14(10-4-2-3-5-10)15(21)18-11-6-7-13-12(8-11)19-16(22)23-13/h6-8,10,14H,2-5H2,1H3,(H,17,20)(H,18,21)(H,19,22). The van der Waals surface area contributed by atoms with Crippen molar-refractivity contribution >= 4 is 28.6 Å². The van der Waals surface area contributed by atoms with E-state index in [2.05, 4.69) is 15.6 Å². The SMILES string of the molecule is CC(=O)NC(C(=O)Nc1ccc2oc(=O)[nH]c2c1)C1CCCC1. The zero-order valence-electron chi connectivity index (χ0n) is 12.8. The molecule has 1 aliphatic carbocycles. The molecule has 0 aliphatic heterocycles. The Kier molecular flexibility index (Phi) is 4.18. The first-order chi connectivity index (χ1) is 11.0. The van der Waals surface area contributed by atoms with Crippen molar-refractivity contribution in [1.29, 1.82) is 0 Å². The van der Waals surface area contributed by atoms with Crippen LogP contribution in [0.25, 0.3) is 11.1 Å². The summed E-state index contributed by atoms with van der Waals surface area (Å²) in [4.78, 5) is 37.7. The van der Waals surface area contributed by atoms with Crippen LogP contribution in [0.3, 0.4) is 0 Å². The summed E-state index contributed by atoms with van der Waals surface area (Å²) in [5.74, 6) is -0.828. The third kappa shape index (κ3) is 3.44. The molecular weight excluding hydrogens is 298 g/mol. The Morgan fingerprint density at radius 1 is 1.30 bits per heavy atom. The van der Waals surface area contributed by atoms with E-state index >= 15 is 0 Å². The van der Waals surface area contributed by atoms with Gasteiger partial charge in [-0.2, -0.15) is 0 Å². The summed E-state index contributed by atoms with van der Waals surface area (Å²) in [6.45, 7) is 1.41. The molecule has 1 fully saturated rings. The van der Waals surface area contributed by atoms with E-state index in [1.807, 2.05) is 0 Å². The third-order valence-electron chi connectivity index (χ3n) is 4.20. The first kappa shape index (κ1) is 15.3. The smallest absolute Gasteiger partial charge is 0.408 e. The Hall–Kier alpha value is -2.57. The summed E-state index contributed by atoms with van der Waals surface area (Å²) in [7, 11) is 0. The summed E-state index contributed by atoms with van der Waals surface area (Å²) < 4.78 is 4.93. The van der Waals surface area contributed by atoms with Gasteiger partial charge < -0.3 is 15.1 Å². The summed E-state index contributed by atoms with van der Waals surface area (Å²) >= 11 is 0. The van der Waals surface area contributed by atoms with Crippen molar-refractivity contribution in [3.63, 3.8) is 0 Å². The molecule has 1 aromatic heterocycles. The predicted octanol–water partition coefficient (Wildman–Crippen LogP) is 1.75. The third-order valence-corrected chi connectivity index (χ3v) is 4.20. The second-order valence-corrected chi connectivity index (χ2v) is 5.94. The van der Waals surface area contributed by atoms with Gasteiger partial charge >= 0.3 is 5.76 Å². The first-order valence-corrected chi connectivity index (χ1v) is 7.74. The second kappa shape index (κ2) is 6.28. The first-order valence-electron chi connectivity index (χ1n) is 7.74. The van der Waals surface area contributed by atoms with Gasteiger partial charge in [-0.3, -0.25) is 14.6 Å². The zero-order chi connectivity index (χ0) is 16.4. The fourth-order valence-electron chi connectivity index (χ4n) is 3.16. The number of carbonyl (C=O) groups excluding carboxylic acids is 2. The van der Waals surface area contributed by atoms with Gasteiger partial charge in [0.25, 0.3) is 0 Å². The van der Waals surface area contributed by atoms with Crippen LogP contribution in [-0.4, -0.2) is 22.8 Å². The van der Waals surface area contributed by atoms with Crippen molar-refractivity contribution in [3.05, 3.63) is 28.7 Å². The minimum atomic E-state index is -0.537. The number of nitrogens with one attached hydrogen (secondary N) is 3. The maximum atomic E-state index is 12.6. The molecule has 1 atom stereocenters. The van der Waals surface area contributed by atoms with Gasteiger partial charge in [0.15, 0.2) is 5.58 Å². The average Bonchev–Trinajstić information content (AvgIpc) is 3.12. The number of amides is 2. The van der Waals surface area contributed by atoms with Gasteiger partial charge in [-0.1, -0.05) is 12.8 Å². The number of oxazole rings is 1. The maximum Gasteiger partial charge on any atom is 0.417 e. The van der Waals surface area contributed by atoms with Crippen molar-refractivity contribution in [2.75, 3.05) is 5.32 Å². The van der Waals surface area contributed by atoms with Crippen molar-refractivity contribution in [1.82, 2.24) is 10.3 Å². The predicted molar refractivity (Wildman–Crippen MR) is 85.0 cm³/mol. The molecule has 2 aromatic rings. The van der Waals surface area contributed by atoms with Gasteiger partial charge in [0.1, 0.15) is 6.04 Å². The van der Waals surface area contributed by atoms with Crippen LogP contribution in [0, 0.1) is 5.92 Å². The Labute approximate surface area is 132 Å². The van der Waals surface area contributed by atoms with E-state index < -0.39 is 11.8 Å². The van der Waals surface area contributed by atoms with Gasteiger partial charge in [-0.15, -0.1) is 0 Å². The molecule has 1 aliphatic rings. The largest absolute Gasteiger partial charge is 0.417 e. The fraction of sp³-hybridized carbons (Fsp3) is 0.438. The van der Waals surface area contributed by atoms with Crippen molar-refractivity contribution < 1.29 is 14.0 Å². The molecule has 1 aromatic carbocycles. The number of hydrogen-bond acceptors (Lipinski definition) is 4. The molecular formula is C16H19N3O4. The highest BCUT2D eigenvalue weighted by Crippen LogP contribution is 2.28. The Morgan fingerprint density at radius 3 is 2.74 bits per heavy atom. The lowest BCUT2D eigenvalue weighted by Gasteiger charge is -2.23. The number of aromatic nitrogens is 1. The van der Waals surface area contributed by atoms with Gasteiger partial charge in [0.05, 0.1) is 5.52 Å². The fourth-order valence-corrected chi connectivity index (χ4v) is 3.16. The lowest BCUT2D eigenvalue weighted by molar-refractivity contribution is -0.126. The Morgan fingerprint density at radius 2 is 2.04 bits per heavy atom. The normalized spacial score (nSPS) is 16.4. The van der Waals surface area contributed by atoms with Gasteiger partial charge in [0.2, 0.25) is 11.8 Å². The molecule has 23 heavy (non-hydrogen) atoms. The molecule has 7 nitrogen and oxygen atoms in total. The molecule has 122 valence electrons. The van der Waals surface area contributed by atoms with Crippen LogP contribution in [0.5, 0.6) is 0 Å². The molecule has 3 N–H and O–H groups in total. The Balaban J connectivity index is 1.78. The van der Waals surface area contributed by atoms with Crippen LogP contribution >= 0.6 is 0 Å². The monoisotopic (exact) mass is 317 g/mol. The number of benzene rings is 1. The van der Waals surface area contributed by atoms with Crippen molar-refractivity contribution in [3.8, 4) is 0 Å². The molecule has 0 saturated heterocycles. The second-order valence-electron chi connectivity index (χ2n) is 5.94. The summed E-state index contributed by atoms with van der Waals surface area (Å²) in [5, 5.41) is 5.56. The van der Waals surface area contributed by atoms with Crippen molar-refractivity contribution in [2.24, 2.45) is 5.92 Å².